The number of aromatic nitrogens is 2. The molecule has 3 N–H and O–H groups in total. The second kappa shape index (κ2) is 12.7. The van der Waals surface area contributed by atoms with Crippen LogP contribution < -0.4 is 11.1 Å². The highest BCUT2D eigenvalue weighted by Gasteiger charge is 2.23. The van der Waals surface area contributed by atoms with Crippen LogP contribution >= 0.6 is 0 Å². The summed E-state index contributed by atoms with van der Waals surface area (Å²) in [5, 5.41) is 17.2. The summed E-state index contributed by atoms with van der Waals surface area (Å²) in [6.07, 6.45) is 0.643. The average Bonchev–Trinajstić information content (AvgIpc) is 3.06. The summed E-state index contributed by atoms with van der Waals surface area (Å²) in [4.78, 5) is 32.7. The Balaban J connectivity index is 2.01. The molecule has 0 saturated heterocycles. The molecule has 0 aromatic carbocycles. The van der Waals surface area contributed by atoms with Crippen LogP contribution in [0, 0.1) is 10.1 Å². The van der Waals surface area contributed by atoms with Crippen LogP contribution in [0.15, 0.2) is 6.20 Å². The molecule has 0 bridgehead atoms. The van der Waals surface area contributed by atoms with Gasteiger partial charge in [-0.25, -0.2) is 4.79 Å². The van der Waals surface area contributed by atoms with Crippen LogP contribution in [0.5, 0.6) is 0 Å². The summed E-state index contributed by atoms with van der Waals surface area (Å²) >= 11 is 0. The van der Waals surface area contributed by atoms with Crippen LogP contribution in [-0.4, -0.2) is 78.5 Å². The molecule has 13 nitrogen and oxygen atoms in total. The number of nitro groups is 1. The highest BCUT2D eigenvalue weighted by Crippen LogP contribution is 2.15. The molecule has 0 unspecified atom stereocenters. The fraction of sp³-hybridized carbons (Fsp3) is 0.706. The highest BCUT2D eigenvalue weighted by atomic mass is 16.6. The molecule has 1 aromatic heterocycles. The van der Waals surface area contributed by atoms with Gasteiger partial charge in [0.05, 0.1) is 51.1 Å². The Bertz CT molecular complexity index is 669. The van der Waals surface area contributed by atoms with E-state index in [0.717, 1.165) is 6.20 Å². The van der Waals surface area contributed by atoms with E-state index in [1.807, 2.05) is 0 Å². The largest absolute Gasteiger partial charge is 0.444 e. The smallest absolute Gasteiger partial charge is 0.407 e. The zero-order valence-electron chi connectivity index (χ0n) is 17.4. The van der Waals surface area contributed by atoms with E-state index < -0.39 is 28.2 Å². The first-order chi connectivity index (χ1) is 14.1. The molecule has 1 rings (SSSR count). The first kappa shape index (κ1) is 25.3. The van der Waals surface area contributed by atoms with Crippen LogP contribution in [0.3, 0.4) is 0 Å². The van der Waals surface area contributed by atoms with Crippen LogP contribution in [0.4, 0.5) is 10.5 Å². The Hall–Kier alpha value is -2.77. The quantitative estimate of drug-likeness (QED) is 0.241. The van der Waals surface area contributed by atoms with Gasteiger partial charge in [-0.3, -0.25) is 19.6 Å². The van der Waals surface area contributed by atoms with Crippen molar-refractivity contribution >= 4 is 17.7 Å². The normalized spacial score (nSPS) is 11.3. The molecule has 30 heavy (non-hydrogen) atoms. The van der Waals surface area contributed by atoms with Crippen molar-refractivity contribution in [3.05, 3.63) is 22.0 Å². The molecule has 0 aliphatic rings. The number of rotatable bonds is 14. The van der Waals surface area contributed by atoms with Crippen molar-refractivity contribution in [2.75, 3.05) is 46.2 Å². The third kappa shape index (κ3) is 10.7. The van der Waals surface area contributed by atoms with Gasteiger partial charge in [-0.15, -0.1) is 0 Å². The Morgan fingerprint density at radius 2 is 1.70 bits per heavy atom. The average molecular weight is 431 g/mol. The number of nitrogens with one attached hydrogen (secondary N) is 1. The number of nitrogens with zero attached hydrogens (tertiary/aromatic N) is 3. The van der Waals surface area contributed by atoms with Crippen molar-refractivity contribution in [1.29, 1.82) is 0 Å². The molecule has 1 aromatic rings. The van der Waals surface area contributed by atoms with Crippen molar-refractivity contribution in [2.24, 2.45) is 5.73 Å². The molecule has 0 radical (unpaired) electrons. The molecule has 13 heteroatoms. The van der Waals surface area contributed by atoms with Gasteiger partial charge in [-0.1, -0.05) is 0 Å². The molecule has 0 spiro atoms. The molecule has 2 amide bonds. The Morgan fingerprint density at radius 1 is 1.13 bits per heavy atom. The Morgan fingerprint density at radius 3 is 2.20 bits per heavy atom. The number of carbonyl (C=O) groups excluding carboxylic acids is 2. The lowest BCUT2D eigenvalue weighted by Crippen LogP contribution is -2.34. The lowest BCUT2D eigenvalue weighted by Gasteiger charge is -2.19. The van der Waals surface area contributed by atoms with E-state index in [-0.39, 0.29) is 18.8 Å². The highest BCUT2D eigenvalue weighted by molar-refractivity contribution is 5.94. The van der Waals surface area contributed by atoms with Gasteiger partial charge in [0.15, 0.2) is 0 Å². The Kier molecular flexibility index (Phi) is 10.7. The molecule has 1 heterocycles. The maximum absolute atomic E-state index is 11.4. The number of carbonyl (C=O) groups is 2. The lowest BCUT2D eigenvalue weighted by atomic mass is 10.2. The molecule has 0 atom stereocenters. The molecule has 0 aliphatic carbocycles. The van der Waals surface area contributed by atoms with Crippen LogP contribution in [0.1, 0.15) is 31.3 Å². The summed E-state index contributed by atoms with van der Waals surface area (Å²) in [6.45, 7) is 7.86. The van der Waals surface area contributed by atoms with Gasteiger partial charge in [-0.05, 0) is 20.8 Å². The number of hydrogen-bond donors (Lipinski definition) is 2. The van der Waals surface area contributed by atoms with E-state index in [1.54, 1.807) is 20.8 Å². The third-order valence-electron chi connectivity index (χ3n) is 3.30. The van der Waals surface area contributed by atoms with Crippen molar-refractivity contribution in [3.63, 3.8) is 0 Å². The zero-order chi connectivity index (χ0) is 22.6. The third-order valence-corrected chi connectivity index (χ3v) is 3.30. The van der Waals surface area contributed by atoms with Crippen molar-refractivity contribution in [2.45, 2.75) is 32.9 Å². The zero-order valence-corrected chi connectivity index (χ0v) is 17.4. The molecular formula is C17H29N5O8. The van der Waals surface area contributed by atoms with Gasteiger partial charge < -0.3 is 30.0 Å². The number of ether oxygens (including phenoxy) is 4. The fourth-order valence-corrected chi connectivity index (χ4v) is 2.07. The van der Waals surface area contributed by atoms with E-state index in [2.05, 4.69) is 10.4 Å². The lowest BCUT2D eigenvalue weighted by molar-refractivity contribution is -0.385. The number of alkyl carbamates (subject to hydrolysis) is 1. The summed E-state index contributed by atoms with van der Waals surface area (Å²) in [5.41, 5.74) is 3.70. The van der Waals surface area contributed by atoms with Gasteiger partial charge >= 0.3 is 11.8 Å². The summed E-state index contributed by atoms with van der Waals surface area (Å²) in [6, 6.07) is 0. The maximum Gasteiger partial charge on any atom is 0.407 e. The minimum absolute atomic E-state index is 0.224. The number of primary amides is 1. The van der Waals surface area contributed by atoms with Gasteiger partial charge in [0.25, 0.3) is 5.91 Å². The minimum atomic E-state index is -0.961. The van der Waals surface area contributed by atoms with E-state index >= 15 is 0 Å². The molecule has 0 fully saturated rings. The van der Waals surface area contributed by atoms with Gasteiger partial charge in [0, 0.05) is 6.54 Å². The topological polar surface area (TPSA) is 170 Å². The first-order valence-corrected chi connectivity index (χ1v) is 9.32. The maximum atomic E-state index is 11.4. The van der Waals surface area contributed by atoms with E-state index in [0.29, 0.717) is 39.6 Å². The predicted octanol–water partition coefficient (Wildman–Crippen LogP) is 0.465. The Labute approximate surface area is 173 Å². The second-order valence-corrected chi connectivity index (χ2v) is 7.01. The standard InChI is InChI=1S/C17H29N5O8/c1-17(2,3)30-16(24)19-4-6-27-8-10-29-11-9-28-7-5-21-12-13(22(25)26)14(20-21)15(18)23/h12H,4-11H2,1-3H3,(H2,18,23)(H,19,24). The van der Waals surface area contributed by atoms with E-state index in [9.17, 15) is 19.7 Å². The second-order valence-electron chi connectivity index (χ2n) is 7.01. The van der Waals surface area contributed by atoms with Gasteiger partial charge in [0.2, 0.25) is 5.69 Å². The van der Waals surface area contributed by atoms with Gasteiger partial charge in [0.1, 0.15) is 11.8 Å². The SMILES string of the molecule is CC(C)(C)OC(=O)NCCOCCOCCOCCn1cc([N+](=O)[O-])c(C(N)=O)n1. The number of amides is 2. The van der Waals surface area contributed by atoms with Crippen LogP contribution in [0.25, 0.3) is 0 Å². The van der Waals surface area contributed by atoms with Crippen molar-refractivity contribution in [3.8, 4) is 0 Å². The summed E-state index contributed by atoms with van der Waals surface area (Å²) in [5.74, 6) is -0.961. The predicted molar refractivity (Wildman–Crippen MR) is 104 cm³/mol. The van der Waals surface area contributed by atoms with E-state index in [1.165, 1.54) is 4.68 Å². The molecule has 0 aliphatic heterocycles. The number of hydrogen-bond acceptors (Lipinski definition) is 9. The molecule has 170 valence electrons. The fourth-order valence-electron chi connectivity index (χ4n) is 2.07. The van der Waals surface area contributed by atoms with Crippen molar-refractivity contribution in [1.82, 2.24) is 15.1 Å². The monoisotopic (exact) mass is 431 g/mol. The summed E-state index contributed by atoms with van der Waals surface area (Å²) < 4.78 is 22.3. The van der Waals surface area contributed by atoms with Crippen molar-refractivity contribution < 1.29 is 33.5 Å². The molecule has 0 saturated carbocycles. The van der Waals surface area contributed by atoms with Crippen LogP contribution in [-0.2, 0) is 25.5 Å². The van der Waals surface area contributed by atoms with E-state index in [4.69, 9.17) is 24.7 Å². The minimum Gasteiger partial charge on any atom is -0.444 e. The summed E-state index contributed by atoms with van der Waals surface area (Å²) in [7, 11) is 0. The number of nitrogens with two attached hydrogens (primary N) is 1. The van der Waals surface area contributed by atoms with Crippen LogP contribution in [0.2, 0.25) is 0 Å². The first-order valence-electron chi connectivity index (χ1n) is 9.32. The molecular weight excluding hydrogens is 402 g/mol. The van der Waals surface area contributed by atoms with Gasteiger partial charge in [-0.2, -0.15) is 5.10 Å².